The fourth-order valence-corrected chi connectivity index (χ4v) is 4.08. The summed E-state index contributed by atoms with van der Waals surface area (Å²) in [6.07, 6.45) is 5.46. The zero-order valence-corrected chi connectivity index (χ0v) is 17.6. The number of amides is 1. The number of benzene rings is 1. The molecule has 0 saturated carbocycles. The number of hydrogen-bond acceptors (Lipinski definition) is 5. The van der Waals surface area contributed by atoms with E-state index in [0.29, 0.717) is 25.7 Å². The third-order valence-corrected chi connectivity index (χ3v) is 5.70. The monoisotopic (exact) mass is 408 g/mol. The van der Waals surface area contributed by atoms with Crippen molar-refractivity contribution in [3.8, 4) is 0 Å². The molecule has 1 aliphatic rings. The molecule has 2 aromatic heterocycles. The zero-order valence-electron chi connectivity index (χ0n) is 17.6. The molecule has 0 spiro atoms. The van der Waals surface area contributed by atoms with Crippen LogP contribution in [0.2, 0.25) is 0 Å². The molecule has 0 atom stereocenters. The molecule has 0 unspecified atom stereocenters. The molecular formula is C23H28N4O3. The van der Waals surface area contributed by atoms with Gasteiger partial charge in [0.25, 0.3) is 5.91 Å². The lowest BCUT2D eigenvalue weighted by Gasteiger charge is -2.32. The van der Waals surface area contributed by atoms with Gasteiger partial charge in [-0.3, -0.25) is 4.79 Å². The number of H-pyrrole nitrogens is 1. The maximum absolute atomic E-state index is 13.1. The summed E-state index contributed by atoms with van der Waals surface area (Å²) in [4.78, 5) is 27.3. The molecule has 3 aromatic rings. The number of aryl methyl sites for hydroxylation is 1. The van der Waals surface area contributed by atoms with E-state index in [-0.39, 0.29) is 5.91 Å². The highest BCUT2D eigenvalue weighted by Gasteiger charge is 2.28. The summed E-state index contributed by atoms with van der Waals surface area (Å²) < 4.78 is 10.7. The highest BCUT2D eigenvalue weighted by Crippen LogP contribution is 2.30. The second-order valence-electron chi connectivity index (χ2n) is 7.69. The van der Waals surface area contributed by atoms with Crippen LogP contribution in [0.5, 0.6) is 0 Å². The van der Waals surface area contributed by atoms with Gasteiger partial charge in [0.2, 0.25) is 0 Å². The van der Waals surface area contributed by atoms with Crippen LogP contribution < -0.4 is 0 Å². The maximum atomic E-state index is 13.1. The first-order valence-corrected chi connectivity index (χ1v) is 10.4. The van der Waals surface area contributed by atoms with E-state index >= 15 is 0 Å². The quantitative estimate of drug-likeness (QED) is 0.606. The van der Waals surface area contributed by atoms with Crippen LogP contribution in [-0.4, -0.2) is 59.2 Å². The van der Waals surface area contributed by atoms with Crippen LogP contribution in [0, 0.1) is 6.92 Å². The number of rotatable bonds is 7. The van der Waals surface area contributed by atoms with Crippen molar-refractivity contribution in [2.45, 2.75) is 32.3 Å². The Labute approximate surface area is 176 Å². The topological polar surface area (TPSA) is 80.3 Å². The van der Waals surface area contributed by atoms with Crippen molar-refractivity contribution in [1.82, 2.24) is 19.9 Å². The number of ether oxygens (including phenoxy) is 2. The number of methoxy groups -OCH3 is 1. The Morgan fingerprint density at radius 3 is 2.83 bits per heavy atom. The van der Waals surface area contributed by atoms with Crippen molar-refractivity contribution in [3.63, 3.8) is 0 Å². The van der Waals surface area contributed by atoms with E-state index in [2.05, 4.69) is 9.97 Å². The number of piperidine rings is 1. The fraction of sp³-hybridized carbons (Fsp3) is 0.435. The van der Waals surface area contributed by atoms with Gasteiger partial charge in [-0.05, 0) is 25.8 Å². The number of carbonyl (C=O) groups is 1. The smallest absolute Gasteiger partial charge is 0.256 e. The summed E-state index contributed by atoms with van der Waals surface area (Å²) in [6.45, 7) is 4.94. The molecule has 7 heteroatoms. The second kappa shape index (κ2) is 9.36. The molecule has 1 aliphatic heterocycles. The average molecular weight is 409 g/mol. The van der Waals surface area contributed by atoms with Crippen molar-refractivity contribution in [3.05, 3.63) is 59.3 Å². The number of likely N-dealkylation sites (tertiary alicyclic amines) is 1. The lowest BCUT2D eigenvalue weighted by Crippen LogP contribution is -2.38. The van der Waals surface area contributed by atoms with E-state index in [1.54, 1.807) is 7.11 Å². The van der Waals surface area contributed by atoms with Gasteiger partial charge in [-0.2, -0.15) is 0 Å². The van der Waals surface area contributed by atoms with Crippen molar-refractivity contribution in [2.75, 3.05) is 33.4 Å². The molecule has 1 aromatic carbocycles. The summed E-state index contributed by atoms with van der Waals surface area (Å²) in [6, 6.07) is 7.92. The van der Waals surface area contributed by atoms with Crippen LogP contribution in [0.3, 0.4) is 0 Å². The van der Waals surface area contributed by atoms with E-state index in [4.69, 9.17) is 14.5 Å². The molecule has 3 heterocycles. The standard InChI is InChI=1S/C23H28N4O3/c1-16-24-13-18(15-30-12-11-29-2)22(26-16)17-7-9-27(10-8-17)23(28)20-14-25-21-6-4-3-5-19(20)21/h3-6,13-14,17,25H,7-12,15H2,1-2H3. The number of carbonyl (C=O) groups excluding carboxylic acids is 1. The van der Waals surface area contributed by atoms with Gasteiger partial charge in [0.05, 0.1) is 31.1 Å². The minimum absolute atomic E-state index is 0.0906. The van der Waals surface area contributed by atoms with Crippen molar-refractivity contribution in [2.24, 2.45) is 0 Å². The molecule has 158 valence electrons. The number of fused-ring (bicyclic) bond motifs is 1. The number of nitrogens with zero attached hydrogens (tertiary/aromatic N) is 3. The van der Waals surface area contributed by atoms with Crippen LogP contribution in [0.15, 0.2) is 36.7 Å². The molecule has 0 bridgehead atoms. The lowest BCUT2D eigenvalue weighted by molar-refractivity contribution is 0.0604. The fourth-order valence-electron chi connectivity index (χ4n) is 4.08. The normalized spacial score (nSPS) is 15.1. The molecule has 30 heavy (non-hydrogen) atoms. The highest BCUT2D eigenvalue weighted by atomic mass is 16.5. The lowest BCUT2D eigenvalue weighted by atomic mass is 9.90. The van der Waals surface area contributed by atoms with E-state index in [9.17, 15) is 4.79 Å². The van der Waals surface area contributed by atoms with Gasteiger partial charge in [0.1, 0.15) is 5.82 Å². The summed E-state index contributed by atoms with van der Waals surface area (Å²) >= 11 is 0. The van der Waals surface area contributed by atoms with Gasteiger partial charge in [-0.15, -0.1) is 0 Å². The van der Waals surface area contributed by atoms with Gasteiger partial charge < -0.3 is 19.4 Å². The minimum atomic E-state index is 0.0906. The van der Waals surface area contributed by atoms with E-state index in [1.165, 1.54) is 0 Å². The molecule has 1 amide bonds. The van der Waals surface area contributed by atoms with Crippen molar-refractivity contribution >= 4 is 16.8 Å². The van der Waals surface area contributed by atoms with Crippen LogP contribution >= 0.6 is 0 Å². The van der Waals surface area contributed by atoms with Gasteiger partial charge in [-0.25, -0.2) is 9.97 Å². The number of para-hydroxylation sites is 1. The van der Waals surface area contributed by atoms with Gasteiger partial charge in [0, 0.05) is 55.0 Å². The molecule has 4 rings (SSSR count). The number of aromatic amines is 1. The van der Waals surface area contributed by atoms with Gasteiger partial charge in [0.15, 0.2) is 0 Å². The summed E-state index contributed by atoms with van der Waals surface area (Å²) in [5, 5.41) is 0.978. The van der Waals surface area contributed by atoms with E-state index < -0.39 is 0 Å². The first-order chi connectivity index (χ1) is 14.7. The Bertz CT molecular complexity index is 1010. The first-order valence-electron chi connectivity index (χ1n) is 10.4. The highest BCUT2D eigenvalue weighted by molar-refractivity contribution is 6.06. The zero-order chi connectivity index (χ0) is 20.9. The van der Waals surface area contributed by atoms with Crippen LogP contribution in [0.4, 0.5) is 0 Å². The molecule has 7 nitrogen and oxygen atoms in total. The number of aromatic nitrogens is 3. The molecule has 1 saturated heterocycles. The number of nitrogens with one attached hydrogen (secondary N) is 1. The Morgan fingerprint density at radius 2 is 2.03 bits per heavy atom. The Morgan fingerprint density at radius 1 is 1.23 bits per heavy atom. The maximum Gasteiger partial charge on any atom is 0.256 e. The number of hydrogen-bond donors (Lipinski definition) is 1. The SMILES string of the molecule is COCCOCc1cnc(C)nc1C1CCN(C(=O)c2c[nH]c3ccccc23)CC1. The van der Waals surface area contributed by atoms with E-state index in [0.717, 1.165) is 59.5 Å². The first kappa shape index (κ1) is 20.5. The molecular weight excluding hydrogens is 380 g/mol. The summed E-state index contributed by atoms with van der Waals surface area (Å²) in [7, 11) is 1.66. The van der Waals surface area contributed by atoms with Crippen molar-refractivity contribution in [1.29, 1.82) is 0 Å². The Hall–Kier alpha value is -2.77. The Balaban J connectivity index is 1.43. The third-order valence-electron chi connectivity index (χ3n) is 5.70. The van der Waals surface area contributed by atoms with Crippen LogP contribution in [0.1, 0.15) is 46.2 Å². The van der Waals surface area contributed by atoms with Gasteiger partial charge in [-0.1, -0.05) is 18.2 Å². The summed E-state index contributed by atoms with van der Waals surface area (Å²) in [5.41, 5.74) is 3.82. The average Bonchev–Trinajstić information content (AvgIpc) is 3.21. The predicted octanol–water partition coefficient (Wildman–Crippen LogP) is 3.45. The van der Waals surface area contributed by atoms with Gasteiger partial charge >= 0.3 is 0 Å². The van der Waals surface area contributed by atoms with Crippen LogP contribution in [-0.2, 0) is 16.1 Å². The Kier molecular flexibility index (Phi) is 6.40. The molecule has 1 N–H and O–H groups in total. The summed E-state index contributed by atoms with van der Waals surface area (Å²) in [5.74, 6) is 1.16. The second-order valence-corrected chi connectivity index (χ2v) is 7.69. The largest absolute Gasteiger partial charge is 0.382 e. The van der Waals surface area contributed by atoms with Crippen LogP contribution in [0.25, 0.3) is 10.9 Å². The minimum Gasteiger partial charge on any atom is -0.382 e. The molecule has 0 radical (unpaired) electrons. The van der Waals surface area contributed by atoms with E-state index in [1.807, 2.05) is 48.5 Å². The third kappa shape index (κ3) is 4.37. The molecule has 1 fully saturated rings. The molecule has 0 aliphatic carbocycles. The predicted molar refractivity (Wildman–Crippen MR) is 114 cm³/mol. The van der Waals surface area contributed by atoms with Crippen molar-refractivity contribution < 1.29 is 14.3 Å².